The third kappa shape index (κ3) is 1.84. The molecule has 0 nitrogen and oxygen atoms in total. The van der Waals surface area contributed by atoms with Crippen LogP contribution >= 0.6 is 0 Å². The quantitative estimate of drug-likeness (QED) is 0.711. The van der Waals surface area contributed by atoms with Crippen molar-refractivity contribution < 1.29 is 0 Å². The third-order valence-corrected chi connectivity index (χ3v) is 4.25. The molecule has 2 atom stereocenters. The van der Waals surface area contributed by atoms with Gasteiger partial charge in [-0.3, -0.25) is 0 Å². The van der Waals surface area contributed by atoms with Crippen molar-refractivity contribution in [1.29, 1.82) is 0 Å². The van der Waals surface area contributed by atoms with Gasteiger partial charge in [0.05, 0.1) is 0 Å². The van der Waals surface area contributed by atoms with Crippen LogP contribution in [0.25, 0.3) is 11.1 Å². The van der Waals surface area contributed by atoms with Crippen molar-refractivity contribution in [1.82, 2.24) is 0 Å². The van der Waals surface area contributed by atoms with Gasteiger partial charge in [0, 0.05) is 0 Å². The highest BCUT2D eigenvalue weighted by Crippen LogP contribution is 2.56. The van der Waals surface area contributed by atoms with Gasteiger partial charge in [0.25, 0.3) is 0 Å². The van der Waals surface area contributed by atoms with Gasteiger partial charge in [-0.2, -0.15) is 0 Å². The average molecular weight is 244 g/mol. The van der Waals surface area contributed by atoms with Crippen molar-refractivity contribution in [3.8, 4) is 0 Å². The van der Waals surface area contributed by atoms with Crippen LogP contribution in [0.2, 0.25) is 0 Å². The zero-order chi connectivity index (χ0) is 12.7. The predicted octanol–water partition coefficient (Wildman–Crippen LogP) is 4.80. The highest BCUT2D eigenvalue weighted by Gasteiger charge is 2.44. The number of benzene rings is 2. The van der Waals surface area contributed by atoms with Crippen LogP contribution in [0.5, 0.6) is 0 Å². The molecule has 0 heterocycles. The van der Waals surface area contributed by atoms with Gasteiger partial charge in [-0.05, 0) is 40.5 Å². The number of allylic oxidation sites excluding steroid dienone is 4. The molecule has 1 saturated carbocycles. The smallest absolute Gasteiger partial charge is 0.00807 e. The van der Waals surface area contributed by atoms with Crippen molar-refractivity contribution in [2.24, 2.45) is 11.8 Å². The molecule has 0 aliphatic heterocycles. The number of hydrogen-bond acceptors (Lipinski definition) is 0. The van der Waals surface area contributed by atoms with Crippen LogP contribution in [0.4, 0.5) is 0 Å². The van der Waals surface area contributed by atoms with Gasteiger partial charge in [-0.25, -0.2) is 0 Å². The Kier molecular flexibility index (Phi) is 2.41. The first kappa shape index (κ1) is 10.8. The first-order valence-electron chi connectivity index (χ1n) is 6.96. The van der Waals surface area contributed by atoms with Crippen LogP contribution in [0.1, 0.15) is 17.5 Å². The van der Waals surface area contributed by atoms with Crippen LogP contribution in [0, 0.1) is 11.8 Å². The Morgan fingerprint density at radius 1 is 0.579 bits per heavy atom. The van der Waals surface area contributed by atoms with Gasteiger partial charge in [0.15, 0.2) is 0 Å². The second-order valence-electron chi connectivity index (χ2n) is 5.42. The molecule has 19 heavy (non-hydrogen) atoms. The van der Waals surface area contributed by atoms with Crippen molar-refractivity contribution in [2.75, 3.05) is 0 Å². The maximum absolute atomic E-state index is 2.33. The summed E-state index contributed by atoms with van der Waals surface area (Å²) < 4.78 is 0. The molecule has 0 spiro atoms. The average Bonchev–Trinajstić information content (AvgIpc) is 3.28. The van der Waals surface area contributed by atoms with Gasteiger partial charge in [-0.15, -0.1) is 0 Å². The van der Waals surface area contributed by atoms with E-state index in [0.29, 0.717) is 0 Å². The Labute approximate surface area is 114 Å². The Balaban J connectivity index is 1.73. The van der Waals surface area contributed by atoms with E-state index < -0.39 is 0 Å². The van der Waals surface area contributed by atoms with Crippen LogP contribution in [-0.2, 0) is 0 Å². The summed E-state index contributed by atoms with van der Waals surface area (Å²) in [6.07, 6.45) is 5.96. The standard InChI is InChI=1S/C19H16/c1-3-7-14(8-4-1)16-11-12-17(19-13-18(16)19)15-9-5-2-6-10-15/h1-12,18-19H,13H2/t18-,19?/m0/s1. The van der Waals surface area contributed by atoms with E-state index in [9.17, 15) is 0 Å². The van der Waals surface area contributed by atoms with E-state index in [2.05, 4.69) is 72.8 Å². The summed E-state index contributed by atoms with van der Waals surface area (Å²) in [5.41, 5.74) is 5.81. The summed E-state index contributed by atoms with van der Waals surface area (Å²) in [5.74, 6) is 1.48. The summed E-state index contributed by atoms with van der Waals surface area (Å²) in [6, 6.07) is 21.6. The first-order valence-corrected chi connectivity index (χ1v) is 6.96. The molecular formula is C19H16. The Morgan fingerprint density at radius 2 is 1.00 bits per heavy atom. The van der Waals surface area contributed by atoms with Crippen molar-refractivity contribution >= 4 is 11.1 Å². The van der Waals surface area contributed by atoms with Crippen molar-refractivity contribution in [3.63, 3.8) is 0 Å². The number of fused-ring (bicyclic) bond motifs is 1. The van der Waals surface area contributed by atoms with E-state index in [1.807, 2.05) is 0 Å². The largest absolute Gasteiger partial charge is 0.0622 e. The minimum atomic E-state index is 0.739. The fourth-order valence-corrected chi connectivity index (χ4v) is 3.19. The van der Waals surface area contributed by atoms with E-state index in [-0.39, 0.29) is 0 Å². The summed E-state index contributed by atoms with van der Waals surface area (Å²) in [5, 5.41) is 0. The van der Waals surface area contributed by atoms with Crippen LogP contribution in [-0.4, -0.2) is 0 Å². The fraction of sp³-hybridized carbons (Fsp3) is 0.158. The molecule has 0 radical (unpaired) electrons. The molecule has 2 aromatic carbocycles. The van der Waals surface area contributed by atoms with E-state index in [1.54, 1.807) is 0 Å². The Morgan fingerprint density at radius 3 is 1.42 bits per heavy atom. The van der Waals surface area contributed by atoms with E-state index in [4.69, 9.17) is 0 Å². The lowest BCUT2D eigenvalue weighted by Crippen LogP contribution is -1.97. The molecule has 2 aliphatic rings. The maximum Gasteiger partial charge on any atom is -0.00807 e. The van der Waals surface area contributed by atoms with Gasteiger partial charge in [0.2, 0.25) is 0 Å². The van der Waals surface area contributed by atoms with Gasteiger partial charge < -0.3 is 0 Å². The lowest BCUT2D eigenvalue weighted by Gasteiger charge is -2.14. The van der Waals surface area contributed by atoms with E-state index in [0.717, 1.165) is 11.8 Å². The SMILES string of the molecule is C1=C(c2ccccc2)C2C[C@H]2C(c2ccccc2)=C1. The molecule has 0 amide bonds. The van der Waals surface area contributed by atoms with E-state index in [1.165, 1.54) is 28.7 Å². The highest BCUT2D eigenvalue weighted by molar-refractivity contribution is 5.84. The zero-order valence-electron chi connectivity index (χ0n) is 10.8. The molecule has 0 heteroatoms. The second kappa shape index (κ2) is 4.24. The minimum Gasteiger partial charge on any atom is -0.0622 e. The molecule has 0 saturated heterocycles. The van der Waals surface area contributed by atoms with Crippen molar-refractivity contribution in [3.05, 3.63) is 83.9 Å². The number of rotatable bonds is 2. The first-order chi connectivity index (χ1) is 9.43. The summed E-state index contributed by atoms with van der Waals surface area (Å²) in [6.45, 7) is 0. The molecular weight excluding hydrogens is 228 g/mol. The fourth-order valence-electron chi connectivity index (χ4n) is 3.19. The normalized spacial score (nSPS) is 24.2. The highest BCUT2D eigenvalue weighted by atomic mass is 14.5. The molecule has 0 aromatic heterocycles. The van der Waals surface area contributed by atoms with Gasteiger partial charge in [-0.1, -0.05) is 72.8 Å². The lowest BCUT2D eigenvalue weighted by atomic mass is 9.90. The molecule has 0 N–H and O–H groups in total. The minimum absolute atomic E-state index is 0.739. The van der Waals surface area contributed by atoms with Crippen LogP contribution in [0.3, 0.4) is 0 Å². The summed E-state index contributed by atoms with van der Waals surface area (Å²) in [7, 11) is 0. The molecule has 1 unspecified atom stereocenters. The van der Waals surface area contributed by atoms with Crippen LogP contribution < -0.4 is 0 Å². The second-order valence-corrected chi connectivity index (χ2v) is 5.42. The lowest BCUT2D eigenvalue weighted by molar-refractivity contribution is 1.02. The molecule has 1 fully saturated rings. The zero-order valence-corrected chi connectivity index (χ0v) is 10.8. The number of hydrogen-bond donors (Lipinski definition) is 0. The summed E-state index contributed by atoms with van der Waals surface area (Å²) in [4.78, 5) is 0. The molecule has 0 bridgehead atoms. The maximum atomic E-state index is 2.33. The topological polar surface area (TPSA) is 0 Å². The van der Waals surface area contributed by atoms with Crippen LogP contribution in [0.15, 0.2) is 72.8 Å². The van der Waals surface area contributed by atoms with Gasteiger partial charge in [0.1, 0.15) is 0 Å². The predicted molar refractivity (Wildman–Crippen MR) is 80.4 cm³/mol. The Bertz CT molecular complexity index is 587. The molecule has 4 rings (SSSR count). The third-order valence-electron chi connectivity index (χ3n) is 4.25. The Hall–Kier alpha value is -2.08. The molecule has 2 aliphatic carbocycles. The molecule has 2 aromatic rings. The van der Waals surface area contributed by atoms with E-state index >= 15 is 0 Å². The molecule has 92 valence electrons. The summed E-state index contributed by atoms with van der Waals surface area (Å²) >= 11 is 0. The van der Waals surface area contributed by atoms with Gasteiger partial charge >= 0.3 is 0 Å². The monoisotopic (exact) mass is 244 g/mol. The van der Waals surface area contributed by atoms with Crippen molar-refractivity contribution in [2.45, 2.75) is 6.42 Å².